The molecule has 0 unspecified atom stereocenters. The first-order valence-corrected chi connectivity index (χ1v) is 5.74. The predicted octanol–water partition coefficient (Wildman–Crippen LogP) is 3.02. The molecule has 0 amide bonds. The summed E-state index contributed by atoms with van der Waals surface area (Å²) < 4.78 is 10.9. The molecule has 0 aliphatic rings. The van der Waals surface area contributed by atoms with E-state index in [-0.39, 0.29) is 0 Å². The molecular weight excluding hydrogens is 238 g/mol. The summed E-state index contributed by atoms with van der Waals surface area (Å²) in [4.78, 5) is 0. The third-order valence-corrected chi connectivity index (χ3v) is 2.41. The van der Waals surface area contributed by atoms with Crippen LogP contribution in [0.5, 0.6) is 11.5 Å². The molecule has 0 heterocycles. The number of halogens is 1. The Kier molecular flexibility index (Phi) is 5.32. The lowest BCUT2D eigenvalue weighted by molar-refractivity contribution is 0.319. The monoisotopic (exact) mass is 255 g/mol. The summed E-state index contributed by atoms with van der Waals surface area (Å²) in [6.45, 7) is 6.85. The van der Waals surface area contributed by atoms with Gasteiger partial charge in [-0.2, -0.15) is 0 Å². The predicted molar refractivity (Wildman–Crippen MR) is 71.1 cm³/mol. The number of ether oxygens (including phenoxy) is 2. The third kappa shape index (κ3) is 3.95. The van der Waals surface area contributed by atoms with Gasteiger partial charge in [-0.1, -0.05) is 18.2 Å². The first kappa shape index (κ1) is 13.9. The van der Waals surface area contributed by atoms with Gasteiger partial charge in [0, 0.05) is 6.54 Å². The zero-order valence-electron chi connectivity index (χ0n) is 10.5. The molecule has 1 N–H and O–H groups in total. The summed E-state index contributed by atoms with van der Waals surface area (Å²) in [6.07, 6.45) is 0. The van der Waals surface area contributed by atoms with E-state index in [2.05, 4.69) is 11.9 Å². The molecule has 0 spiro atoms. The Labute approximate surface area is 107 Å². The van der Waals surface area contributed by atoms with Gasteiger partial charge in [-0.3, -0.25) is 0 Å². The van der Waals surface area contributed by atoms with Gasteiger partial charge < -0.3 is 14.8 Å². The molecule has 3 nitrogen and oxygen atoms in total. The maximum Gasteiger partial charge on any atom is 0.180 e. The molecule has 0 saturated carbocycles. The van der Waals surface area contributed by atoms with Crippen molar-refractivity contribution in [2.75, 3.05) is 20.8 Å². The molecule has 94 valence electrons. The van der Waals surface area contributed by atoms with Crippen LogP contribution >= 0.6 is 11.6 Å². The highest BCUT2D eigenvalue weighted by molar-refractivity contribution is 6.32. The van der Waals surface area contributed by atoms with Gasteiger partial charge in [0.2, 0.25) is 0 Å². The number of hydrogen-bond donors (Lipinski definition) is 1. The molecule has 0 radical (unpaired) electrons. The van der Waals surface area contributed by atoms with Gasteiger partial charge in [-0.25, -0.2) is 0 Å². The van der Waals surface area contributed by atoms with E-state index >= 15 is 0 Å². The Morgan fingerprint density at radius 3 is 2.71 bits per heavy atom. The minimum atomic E-state index is 0.432. The molecule has 1 aromatic carbocycles. The van der Waals surface area contributed by atoms with Crippen LogP contribution in [0.15, 0.2) is 24.3 Å². The summed E-state index contributed by atoms with van der Waals surface area (Å²) in [5.74, 6) is 1.21. The first-order valence-electron chi connectivity index (χ1n) is 5.36. The molecule has 0 saturated heterocycles. The second kappa shape index (κ2) is 6.52. The average Bonchev–Trinajstić information content (AvgIpc) is 2.27. The Morgan fingerprint density at radius 2 is 2.18 bits per heavy atom. The Morgan fingerprint density at radius 1 is 1.47 bits per heavy atom. The highest BCUT2D eigenvalue weighted by Crippen LogP contribution is 2.36. The maximum absolute atomic E-state index is 6.17. The van der Waals surface area contributed by atoms with Crippen molar-refractivity contribution in [3.63, 3.8) is 0 Å². The van der Waals surface area contributed by atoms with Gasteiger partial charge in [0.15, 0.2) is 11.5 Å². The van der Waals surface area contributed by atoms with E-state index in [1.165, 1.54) is 0 Å². The van der Waals surface area contributed by atoms with Crippen LogP contribution in [0.2, 0.25) is 5.02 Å². The van der Waals surface area contributed by atoms with E-state index in [9.17, 15) is 0 Å². The van der Waals surface area contributed by atoms with Crippen molar-refractivity contribution in [3.8, 4) is 11.5 Å². The molecule has 1 rings (SSSR count). The summed E-state index contributed by atoms with van der Waals surface area (Å²) in [6, 6.07) is 3.78. The molecule has 0 aliphatic carbocycles. The van der Waals surface area contributed by atoms with Gasteiger partial charge in [-0.05, 0) is 37.2 Å². The fraction of sp³-hybridized carbons (Fsp3) is 0.385. The van der Waals surface area contributed by atoms with E-state index < -0.39 is 0 Å². The van der Waals surface area contributed by atoms with Crippen LogP contribution in [0.4, 0.5) is 0 Å². The van der Waals surface area contributed by atoms with E-state index in [4.69, 9.17) is 21.1 Å². The zero-order chi connectivity index (χ0) is 12.8. The topological polar surface area (TPSA) is 30.5 Å². The molecule has 0 fully saturated rings. The van der Waals surface area contributed by atoms with Crippen LogP contribution in [-0.2, 0) is 6.54 Å². The summed E-state index contributed by atoms with van der Waals surface area (Å²) in [7, 11) is 3.48. The quantitative estimate of drug-likeness (QED) is 0.793. The number of rotatable bonds is 6. The van der Waals surface area contributed by atoms with Gasteiger partial charge >= 0.3 is 0 Å². The second-order valence-corrected chi connectivity index (χ2v) is 4.29. The molecule has 0 aromatic heterocycles. The maximum atomic E-state index is 6.17. The van der Waals surface area contributed by atoms with Crippen LogP contribution in [0.25, 0.3) is 0 Å². The minimum Gasteiger partial charge on any atom is -0.493 e. The van der Waals surface area contributed by atoms with Gasteiger partial charge in [-0.15, -0.1) is 0 Å². The fourth-order valence-corrected chi connectivity index (χ4v) is 1.70. The average molecular weight is 256 g/mol. The lowest BCUT2D eigenvalue weighted by Gasteiger charge is -2.14. The third-order valence-electron chi connectivity index (χ3n) is 2.13. The van der Waals surface area contributed by atoms with Crippen molar-refractivity contribution < 1.29 is 9.47 Å². The van der Waals surface area contributed by atoms with E-state index in [0.29, 0.717) is 23.1 Å². The van der Waals surface area contributed by atoms with Crippen LogP contribution < -0.4 is 14.8 Å². The summed E-state index contributed by atoms with van der Waals surface area (Å²) in [5, 5.41) is 3.61. The molecule has 1 aromatic rings. The molecule has 0 aliphatic heterocycles. The van der Waals surface area contributed by atoms with E-state index in [0.717, 1.165) is 17.7 Å². The highest BCUT2D eigenvalue weighted by Gasteiger charge is 2.11. The van der Waals surface area contributed by atoms with Crippen LogP contribution in [0.3, 0.4) is 0 Å². The molecule has 0 atom stereocenters. The Bertz CT molecular complexity index is 405. The van der Waals surface area contributed by atoms with Crippen LogP contribution in [0.1, 0.15) is 12.5 Å². The van der Waals surface area contributed by atoms with Crippen molar-refractivity contribution in [1.29, 1.82) is 0 Å². The lowest BCUT2D eigenvalue weighted by atomic mass is 10.2. The minimum absolute atomic E-state index is 0.432. The second-order valence-electron chi connectivity index (χ2n) is 3.89. The Hall–Kier alpha value is -1.19. The van der Waals surface area contributed by atoms with Crippen molar-refractivity contribution in [2.45, 2.75) is 13.5 Å². The summed E-state index contributed by atoms with van der Waals surface area (Å²) >= 11 is 6.17. The Balaban J connectivity index is 2.98. The first-order chi connectivity index (χ1) is 8.08. The number of nitrogens with one attached hydrogen (secondary N) is 1. The smallest absolute Gasteiger partial charge is 0.180 e. The fourth-order valence-electron chi connectivity index (χ4n) is 1.41. The normalized spacial score (nSPS) is 10.1. The van der Waals surface area contributed by atoms with Crippen molar-refractivity contribution in [2.24, 2.45) is 0 Å². The van der Waals surface area contributed by atoms with Crippen molar-refractivity contribution in [3.05, 3.63) is 34.9 Å². The van der Waals surface area contributed by atoms with Crippen LogP contribution in [0, 0.1) is 0 Å². The molecular formula is C13H18ClNO2. The molecule has 0 bridgehead atoms. The summed E-state index contributed by atoms with van der Waals surface area (Å²) in [5.41, 5.74) is 1.99. The van der Waals surface area contributed by atoms with Gasteiger partial charge in [0.25, 0.3) is 0 Å². The van der Waals surface area contributed by atoms with Gasteiger partial charge in [0.05, 0.1) is 12.1 Å². The number of benzene rings is 1. The van der Waals surface area contributed by atoms with Gasteiger partial charge in [0.1, 0.15) is 6.61 Å². The SMILES string of the molecule is C=C(C)COc1c(Cl)cc(CNC)cc1OC. The molecule has 17 heavy (non-hydrogen) atoms. The van der Waals surface area contributed by atoms with Crippen molar-refractivity contribution >= 4 is 11.6 Å². The largest absolute Gasteiger partial charge is 0.493 e. The number of hydrogen-bond acceptors (Lipinski definition) is 3. The lowest BCUT2D eigenvalue weighted by Crippen LogP contribution is -2.06. The van der Waals surface area contributed by atoms with Crippen molar-refractivity contribution in [1.82, 2.24) is 5.32 Å². The van der Waals surface area contributed by atoms with E-state index in [1.807, 2.05) is 26.1 Å². The number of methoxy groups -OCH3 is 1. The highest BCUT2D eigenvalue weighted by atomic mass is 35.5. The van der Waals surface area contributed by atoms with E-state index in [1.54, 1.807) is 7.11 Å². The zero-order valence-corrected chi connectivity index (χ0v) is 11.2. The standard InChI is InChI=1S/C13H18ClNO2/c1-9(2)8-17-13-11(14)5-10(7-15-3)6-12(13)16-4/h5-6,15H,1,7-8H2,2-4H3. The molecule has 4 heteroatoms. The van der Waals surface area contributed by atoms with Crippen LogP contribution in [-0.4, -0.2) is 20.8 Å².